The molecule has 1 rings (SSSR count). The van der Waals surface area contributed by atoms with Crippen molar-refractivity contribution in [3.05, 3.63) is 12.3 Å². The summed E-state index contributed by atoms with van der Waals surface area (Å²) < 4.78 is 5.29. The van der Waals surface area contributed by atoms with Gasteiger partial charge in [-0.15, -0.1) is 0 Å². The SMILES string of the molecule is CC(CO)C1CCC=CO1. The maximum Gasteiger partial charge on any atom is 0.103 e. The number of hydrogen-bond acceptors (Lipinski definition) is 2. The fraction of sp³-hybridized carbons (Fsp3) is 0.750. The van der Waals surface area contributed by atoms with Gasteiger partial charge in [-0.1, -0.05) is 6.92 Å². The lowest BCUT2D eigenvalue weighted by atomic mass is 10.0. The topological polar surface area (TPSA) is 29.5 Å². The van der Waals surface area contributed by atoms with Crippen molar-refractivity contribution in [2.24, 2.45) is 5.92 Å². The molecule has 0 radical (unpaired) electrons. The van der Waals surface area contributed by atoms with Gasteiger partial charge in [0.2, 0.25) is 0 Å². The van der Waals surface area contributed by atoms with Crippen molar-refractivity contribution in [1.82, 2.24) is 0 Å². The first-order valence-corrected chi connectivity index (χ1v) is 3.76. The Morgan fingerprint density at radius 1 is 1.80 bits per heavy atom. The van der Waals surface area contributed by atoms with Crippen LogP contribution in [0, 0.1) is 5.92 Å². The minimum absolute atomic E-state index is 0.221. The molecule has 1 aliphatic rings. The summed E-state index contributed by atoms with van der Waals surface area (Å²) in [5.41, 5.74) is 0. The predicted molar refractivity (Wildman–Crippen MR) is 39.5 cm³/mol. The van der Waals surface area contributed by atoms with E-state index in [2.05, 4.69) is 0 Å². The highest BCUT2D eigenvalue weighted by molar-refractivity contribution is 4.83. The molecule has 0 saturated carbocycles. The van der Waals surface area contributed by atoms with E-state index in [0.29, 0.717) is 0 Å². The summed E-state index contributed by atoms with van der Waals surface area (Å²) in [6.45, 7) is 2.22. The lowest BCUT2D eigenvalue weighted by Gasteiger charge is -2.23. The van der Waals surface area contributed by atoms with Gasteiger partial charge in [-0.25, -0.2) is 0 Å². The van der Waals surface area contributed by atoms with Crippen LogP contribution in [-0.2, 0) is 4.74 Å². The Hall–Kier alpha value is -0.500. The highest BCUT2D eigenvalue weighted by atomic mass is 16.5. The normalized spacial score (nSPS) is 27.6. The second kappa shape index (κ2) is 3.62. The Labute approximate surface area is 61.5 Å². The summed E-state index contributed by atoms with van der Waals surface area (Å²) in [6.07, 6.45) is 6.10. The van der Waals surface area contributed by atoms with Crippen LogP contribution in [0.1, 0.15) is 19.8 Å². The summed E-state index contributed by atoms with van der Waals surface area (Å²) in [5, 5.41) is 8.78. The summed E-state index contributed by atoms with van der Waals surface area (Å²) in [6, 6.07) is 0. The van der Waals surface area contributed by atoms with Crippen LogP contribution in [0.3, 0.4) is 0 Å². The van der Waals surface area contributed by atoms with Gasteiger partial charge in [0.15, 0.2) is 0 Å². The number of ether oxygens (including phenoxy) is 1. The van der Waals surface area contributed by atoms with Crippen molar-refractivity contribution in [3.8, 4) is 0 Å². The van der Waals surface area contributed by atoms with Crippen molar-refractivity contribution in [2.75, 3.05) is 6.61 Å². The van der Waals surface area contributed by atoms with Gasteiger partial charge >= 0.3 is 0 Å². The third kappa shape index (κ3) is 1.74. The van der Waals surface area contributed by atoms with Crippen molar-refractivity contribution in [2.45, 2.75) is 25.9 Å². The third-order valence-electron chi connectivity index (χ3n) is 1.89. The minimum Gasteiger partial charge on any atom is -0.498 e. The summed E-state index contributed by atoms with van der Waals surface area (Å²) in [4.78, 5) is 0. The fourth-order valence-corrected chi connectivity index (χ4v) is 1.09. The van der Waals surface area contributed by atoms with Crippen LogP contribution in [0.15, 0.2) is 12.3 Å². The van der Waals surface area contributed by atoms with Gasteiger partial charge in [0.25, 0.3) is 0 Å². The van der Waals surface area contributed by atoms with E-state index in [-0.39, 0.29) is 18.6 Å². The maximum atomic E-state index is 8.78. The van der Waals surface area contributed by atoms with Gasteiger partial charge in [-0.05, 0) is 18.9 Å². The number of aliphatic hydroxyl groups is 1. The molecular weight excluding hydrogens is 128 g/mol. The van der Waals surface area contributed by atoms with Crippen LogP contribution >= 0.6 is 0 Å². The molecule has 0 fully saturated rings. The van der Waals surface area contributed by atoms with E-state index in [4.69, 9.17) is 9.84 Å². The monoisotopic (exact) mass is 142 g/mol. The number of allylic oxidation sites excluding steroid dienone is 1. The Morgan fingerprint density at radius 2 is 2.60 bits per heavy atom. The molecule has 1 aliphatic heterocycles. The molecule has 0 aliphatic carbocycles. The molecular formula is C8H14O2. The standard InChI is InChI=1S/C8H14O2/c1-7(6-9)8-4-2-3-5-10-8/h3,5,7-9H,2,4,6H2,1H3. The Kier molecular flexibility index (Phi) is 2.75. The lowest BCUT2D eigenvalue weighted by Crippen LogP contribution is -2.24. The van der Waals surface area contributed by atoms with Crippen LogP contribution in [-0.4, -0.2) is 17.8 Å². The first-order valence-electron chi connectivity index (χ1n) is 3.76. The molecule has 0 amide bonds. The Bertz CT molecular complexity index is 120. The molecule has 1 N–H and O–H groups in total. The van der Waals surface area contributed by atoms with E-state index in [0.717, 1.165) is 12.8 Å². The molecule has 1 heterocycles. The van der Waals surface area contributed by atoms with Gasteiger partial charge in [0, 0.05) is 12.5 Å². The fourth-order valence-electron chi connectivity index (χ4n) is 1.09. The molecule has 10 heavy (non-hydrogen) atoms. The molecule has 0 aromatic rings. The van der Waals surface area contributed by atoms with E-state index in [9.17, 15) is 0 Å². The average molecular weight is 142 g/mol. The summed E-state index contributed by atoms with van der Waals surface area (Å²) in [7, 11) is 0. The van der Waals surface area contributed by atoms with Crippen molar-refractivity contribution >= 4 is 0 Å². The lowest BCUT2D eigenvalue weighted by molar-refractivity contribution is 0.0474. The Morgan fingerprint density at radius 3 is 3.10 bits per heavy atom. The zero-order valence-corrected chi connectivity index (χ0v) is 6.29. The van der Waals surface area contributed by atoms with Crippen LogP contribution in [0.25, 0.3) is 0 Å². The second-order valence-corrected chi connectivity index (χ2v) is 2.78. The molecule has 2 unspecified atom stereocenters. The van der Waals surface area contributed by atoms with Crippen molar-refractivity contribution in [1.29, 1.82) is 0 Å². The second-order valence-electron chi connectivity index (χ2n) is 2.78. The van der Waals surface area contributed by atoms with E-state index >= 15 is 0 Å². The molecule has 0 saturated heterocycles. The predicted octanol–water partition coefficient (Wildman–Crippen LogP) is 1.31. The number of hydrogen-bond donors (Lipinski definition) is 1. The molecule has 58 valence electrons. The van der Waals surface area contributed by atoms with Crippen LogP contribution in [0.2, 0.25) is 0 Å². The molecule has 2 nitrogen and oxygen atoms in total. The van der Waals surface area contributed by atoms with E-state index in [1.54, 1.807) is 6.26 Å². The zero-order valence-electron chi connectivity index (χ0n) is 6.29. The highest BCUT2D eigenvalue weighted by Crippen LogP contribution is 2.17. The molecule has 0 bridgehead atoms. The first kappa shape index (κ1) is 7.61. The highest BCUT2D eigenvalue weighted by Gasteiger charge is 2.17. The van der Waals surface area contributed by atoms with Gasteiger partial charge < -0.3 is 9.84 Å². The zero-order chi connectivity index (χ0) is 7.40. The summed E-state index contributed by atoms with van der Waals surface area (Å²) in [5.74, 6) is 0.268. The quantitative estimate of drug-likeness (QED) is 0.629. The van der Waals surface area contributed by atoms with E-state index < -0.39 is 0 Å². The number of rotatable bonds is 2. The van der Waals surface area contributed by atoms with Gasteiger partial charge in [0.1, 0.15) is 6.10 Å². The van der Waals surface area contributed by atoms with Crippen molar-refractivity contribution < 1.29 is 9.84 Å². The minimum atomic E-state index is 0.221. The Balaban J connectivity index is 2.33. The average Bonchev–Trinajstić information content (AvgIpc) is 2.05. The number of aliphatic hydroxyl groups excluding tert-OH is 1. The largest absolute Gasteiger partial charge is 0.498 e. The van der Waals surface area contributed by atoms with Crippen LogP contribution in [0.5, 0.6) is 0 Å². The van der Waals surface area contributed by atoms with Gasteiger partial charge in [-0.3, -0.25) is 0 Å². The molecule has 0 aromatic heterocycles. The van der Waals surface area contributed by atoms with Crippen LogP contribution in [0.4, 0.5) is 0 Å². The van der Waals surface area contributed by atoms with Gasteiger partial charge in [-0.2, -0.15) is 0 Å². The summed E-state index contributed by atoms with van der Waals surface area (Å²) >= 11 is 0. The van der Waals surface area contributed by atoms with Crippen LogP contribution < -0.4 is 0 Å². The van der Waals surface area contributed by atoms with E-state index in [1.165, 1.54) is 0 Å². The first-order chi connectivity index (χ1) is 4.84. The molecule has 2 heteroatoms. The van der Waals surface area contributed by atoms with E-state index in [1.807, 2.05) is 13.0 Å². The third-order valence-corrected chi connectivity index (χ3v) is 1.89. The molecule has 0 spiro atoms. The smallest absolute Gasteiger partial charge is 0.103 e. The van der Waals surface area contributed by atoms with Crippen molar-refractivity contribution in [3.63, 3.8) is 0 Å². The van der Waals surface area contributed by atoms with Gasteiger partial charge in [0.05, 0.1) is 6.26 Å². The molecule has 0 aromatic carbocycles. The maximum absolute atomic E-state index is 8.78. The molecule has 2 atom stereocenters.